The normalized spacial score (nSPS) is 20.2. The minimum atomic E-state index is -4.18. The Balaban J connectivity index is 2.20. The largest absolute Gasteiger partial charge is 0.481 e. The van der Waals surface area contributed by atoms with Gasteiger partial charge in [-0.3, -0.25) is 4.79 Å². The van der Waals surface area contributed by atoms with Crippen molar-refractivity contribution >= 4 is 22.1 Å². The van der Waals surface area contributed by atoms with Crippen LogP contribution in [0.1, 0.15) is 20.8 Å². The van der Waals surface area contributed by atoms with Crippen molar-refractivity contribution in [2.45, 2.75) is 43.4 Å². The molecule has 0 aromatic heterocycles. The molecule has 1 aliphatic rings. The average molecular weight is 440 g/mol. The molecule has 11 heteroatoms. The molecule has 2 rings (SSSR count). The van der Waals surface area contributed by atoms with Crippen molar-refractivity contribution in [3.8, 4) is 17.6 Å². The molecule has 1 saturated heterocycles. The number of benzene rings is 1. The molecule has 164 valence electrons. The Kier molecular flexibility index (Phi) is 6.97. The third-order valence-electron chi connectivity index (χ3n) is 4.45. The zero-order valence-corrected chi connectivity index (χ0v) is 17.6. The molecule has 0 bridgehead atoms. The Morgan fingerprint density at radius 1 is 1.20 bits per heavy atom. The molecular weight excluding hydrogens is 416 g/mol. The fraction of sp³-hybridized carbons (Fsp3) is 0.474. The van der Waals surface area contributed by atoms with Crippen molar-refractivity contribution in [3.63, 3.8) is 0 Å². The number of sulfonamides is 1. The number of amides is 1. The molecule has 1 heterocycles. The van der Waals surface area contributed by atoms with E-state index in [0.717, 1.165) is 9.21 Å². The standard InChI is InChI=1S/C19H24N2O8S/c1-13-16(17(22)23)21(11-10-20(13)18(24)25)30(27,28)15-7-5-14(6-8-15)29-12-4-9-19(2,3)26/h5-8,13,16,26H,10-12H2,1-3H3,(H,22,23)(H,24,25). The number of hydrogen-bond donors (Lipinski definition) is 3. The number of carboxylic acids is 1. The molecule has 0 radical (unpaired) electrons. The van der Waals surface area contributed by atoms with E-state index in [4.69, 9.17) is 4.74 Å². The zero-order chi connectivity index (χ0) is 22.7. The predicted molar refractivity (Wildman–Crippen MR) is 106 cm³/mol. The molecule has 1 amide bonds. The van der Waals surface area contributed by atoms with Gasteiger partial charge in [0, 0.05) is 13.1 Å². The third kappa shape index (κ3) is 5.41. The second-order valence-corrected chi connectivity index (χ2v) is 9.13. The first-order chi connectivity index (χ1) is 13.8. The van der Waals surface area contributed by atoms with Gasteiger partial charge in [-0.25, -0.2) is 13.2 Å². The first-order valence-corrected chi connectivity index (χ1v) is 10.5. The minimum Gasteiger partial charge on any atom is -0.481 e. The SMILES string of the molecule is CC1C(C(=O)O)N(S(=O)(=O)c2ccc(OCC#CC(C)(C)O)cc2)CCN1C(=O)O. The van der Waals surface area contributed by atoms with Crippen LogP contribution in [0.25, 0.3) is 0 Å². The monoisotopic (exact) mass is 440 g/mol. The molecule has 30 heavy (non-hydrogen) atoms. The molecule has 2 atom stereocenters. The average Bonchev–Trinajstić information content (AvgIpc) is 2.64. The predicted octanol–water partition coefficient (Wildman–Crippen LogP) is 0.666. The quantitative estimate of drug-likeness (QED) is 0.567. The maximum absolute atomic E-state index is 13.0. The summed E-state index contributed by atoms with van der Waals surface area (Å²) in [6, 6.07) is 2.77. The maximum Gasteiger partial charge on any atom is 0.407 e. The minimum absolute atomic E-state index is 0.00810. The lowest BCUT2D eigenvalue weighted by Crippen LogP contribution is -2.63. The summed E-state index contributed by atoms with van der Waals surface area (Å²) in [7, 11) is -4.18. The Morgan fingerprint density at radius 2 is 1.80 bits per heavy atom. The van der Waals surface area contributed by atoms with Crippen LogP contribution in [0.5, 0.6) is 5.75 Å². The number of piperazine rings is 1. The second kappa shape index (κ2) is 8.91. The molecule has 0 aliphatic carbocycles. The maximum atomic E-state index is 13.0. The summed E-state index contributed by atoms with van der Waals surface area (Å²) in [5, 5.41) is 28.3. The van der Waals surface area contributed by atoms with Crippen molar-refractivity contribution in [2.75, 3.05) is 19.7 Å². The van der Waals surface area contributed by atoms with E-state index in [1.165, 1.54) is 45.0 Å². The van der Waals surface area contributed by atoms with E-state index in [1.54, 1.807) is 0 Å². The van der Waals surface area contributed by atoms with Gasteiger partial charge in [-0.2, -0.15) is 4.31 Å². The molecule has 3 N–H and O–H groups in total. The molecular formula is C19H24N2O8S. The van der Waals surface area contributed by atoms with Gasteiger partial charge in [0.05, 0.1) is 10.9 Å². The zero-order valence-electron chi connectivity index (χ0n) is 16.8. The van der Waals surface area contributed by atoms with Crippen molar-refractivity contribution in [3.05, 3.63) is 24.3 Å². The summed E-state index contributed by atoms with van der Waals surface area (Å²) < 4.78 is 32.2. The van der Waals surface area contributed by atoms with Gasteiger partial charge in [-0.15, -0.1) is 0 Å². The number of aliphatic hydroxyl groups is 1. The van der Waals surface area contributed by atoms with Crippen LogP contribution in [0, 0.1) is 11.8 Å². The number of carboxylic acid groups (broad SMARTS) is 2. The highest BCUT2D eigenvalue weighted by atomic mass is 32.2. The first-order valence-electron chi connectivity index (χ1n) is 9.04. The molecule has 10 nitrogen and oxygen atoms in total. The van der Waals surface area contributed by atoms with E-state index in [9.17, 15) is 33.3 Å². The molecule has 1 fully saturated rings. The Morgan fingerprint density at radius 3 is 2.30 bits per heavy atom. The number of carbonyl (C=O) groups is 2. The summed E-state index contributed by atoms with van der Waals surface area (Å²) in [5.41, 5.74) is -1.15. The molecule has 1 aromatic rings. The topological polar surface area (TPSA) is 145 Å². The molecule has 0 spiro atoms. The lowest BCUT2D eigenvalue weighted by molar-refractivity contribution is -0.144. The second-order valence-electron chi connectivity index (χ2n) is 7.24. The van der Waals surface area contributed by atoms with Crippen LogP contribution in [0.15, 0.2) is 29.2 Å². The number of hydrogen-bond acceptors (Lipinski definition) is 6. The summed E-state index contributed by atoms with van der Waals surface area (Å²) in [5.74, 6) is 4.14. The fourth-order valence-electron chi connectivity index (χ4n) is 3.04. The van der Waals surface area contributed by atoms with E-state index < -0.39 is 39.8 Å². The van der Waals surface area contributed by atoms with Gasteiger partial charge in [-0.1, -0.05) is 11.8 Å². The van der Waals surface area contributed by atoms with Gasteiger partial charge in [-0.05, 0) is 45.0 Å². The van der Waals surface area contributed by atoms with E-state index >= 15 is 0 Å². The fourth-order valence-corrected chi connectivity index (χ4v) is 4.68. The van der Waals surface area contributed by atoms with E-state index in [2.05, 4.69) is 11.8 Å². The van der Waals surface area contributed by atoms with Crippen molar-refractivity contribution in [1.82, 2.24) is 9.21 Å². The van der Waals surface area contributed by atoms with E-state index in [1.807, 2.05) is 0 Å². The first kappa shape index (κ1) is 23.5. The van der Waals surface area contributed by atoms with Gasteiger partial charge in [0.15, 0.2) is 0 Å². The van der Waals surface area contributed by atoms with Crippen molar-refractivity contribution < 1.29 is 38.1 Å². The highest BCUT2D eigenvalue weighted by Gasteiger charge is 2.46. The molecule has 0 saturated carbocycles. The van der Waals surface area contributed by atoms with Gasteiger partial charge in [0.2, 0.25) is 10.0 Å². The summed E-state index contributed by atoms with van der Waals surface area (Å²) in [6.45, 7) is 4.00. The van der Waals surface area contributed by atoms with Gasteiger partial charge >= 0.3 is 12.1 Å². The van der Waals surface area contributed by atoms with Crippen LogP contribution in [0.4, 0.5) is 4.79 Å². The summed E-state index contributed by atoms with van der Waals surface area (Å²) in [4.78, 5) is 23.8. The van der Waals surface area contributed by atoms with E-state index in [0.29, 0.717) is 5.75 Å². The molecule has 2 unspecified atom stereocenters. The van der Waals surface area contributed by atoms with Crippen molar-refractivity contribution in [1.29, 1.82) is 0 Å². The number of rotatable bonds is 5. The van der Waals surface area contributed by atoms with Gasteiger partial charge < -0.3 is 25.0 Å². The molecule has 1 aromatic carbocycles. The number of nitrogens with zero attached hydrogens (tertiary/aromatic N) is 2. The third-order valence-corrected chi connectivity index (χ3v) is 6.35. The van der Waals surface area contributed by atoms with Crippen LogP contribution >= 0.6 is 0 Å². The highest BCUT2D eigenvalue weighted by Crippen LogP contribution is 2.26. The van der Waals surface area contributed by atoms with Crippen molar-refractivity contribution in [2.24, 2.45) is 0 Å². The summed E-state index contributed by atoms with van der Waals surface area (Å²) in [6.07, 6.45) is -1.31. The Bertz CT molecular complexity index is 957. The summed E-state index contributed by atoms with van der Waals surface area (Å²) >= 11 is 0. The van der Waals surface area contributed by atoms with Crippen LogP contribution in [-0.2, 0) is 14.8 Å². The van der Waals surface area contributed by atoms with Crippen LogP contribution in [0.2, 0.25) is 0 Å². The van der Waals surface area contributed by atoms with Crippen LogP contribution < -0.4 is 4.74 Å². The smallest absolute Gasteiger partial charge is 0.407 e. The number of ether oxygens (including phenoxy) is 1. The van der Waals surface area contributed by atoms with E-state index in [-0.39, 0.29) is 24.6 Å². The lowest BCUT2D eigenvalue weighted by atomic mass is 10.1. The van der Waals surface area contributed by atoms with Crippen LogP contribution in [0.3, 0.4) is 0 Å². The highest BCUT2D eigenvalue weighted by molar-refractivity contribution is 7.89. The number of aliphatic carboxylic acids is 1. The lowest BCUT2D eigenvalue weighted by Gasteiger charge is -2.42. The molecule has 1 aliphatic heterocycles. The Labute approximate surface area is 174 Å². The Hall–Kier alpha value is -2.81. The van der Waals surface area contributed by atoms with Gasteiger partial charge in [0.25, 0.3) is 0 Å². The van der Waals surface area contributed by atoms with Gasteiger partial charge in [0.1, 0.15) is 24.0 Å². The van der Waals surface area contributed by atoms with Crippen LogP contribution in [-0.4, -0.2) is 82.4 Å².